The Hall–Kier alpha value is -3.67. The van der Waals surface area contributed by atoms with Crippen LogP contribution < -0.4 is 0 Å². The molecule has 0 radical (unpaired) electrons. The predicted molar refractivity (Wildman–Crippen MR) is 99.4 cm³/mol. The van der Waals surface area contributed by atoms with Crippen LogP contribution in [-0.2, 0) is 6.54 Å². The van der Waals surface area contributed by atoms with Crippen LogP contribution >= 0.6 is 0 Å². The predicted octanol–water partition coefficient (Wildman–Crippen LogP) is 4.03. The third-order valence-electron chi connectivity index (χ3n) is 4.13. The maximum absolute atomic E-state index is 13.3. The van der Waals surface area contributed by atoms with E-state index in [1.807, 2.05) is 42.5 Å². The number of benzene rings is 3. The summed E-state index contributed by atoms with van der Waals surface area (Å²) < 4.78 is 13.3. The molecule has 4 aromatic rings. The van der Waals surface area contributed by atoms with Crippen LogP contribution in [0.2, 0.25) is 0 Å². The third kappa shape index (κ3) is 3.79. The Labute approximate surface area is 155 Å². The van der Waals surface area contributed by atoms with Crippen molar-refractivity contribution in [2.75, 3.05) is 0 Å². The number of rotatable bonds is 5. The highest BCUT2D eigenvalue weighted by Crippen LogP contribution is 2.19. The summed E-state index contributed by atoms with van der Waals surface area (Å²) >= 11 is 0. The van der Waals surface area contributed by atoms with Gasteiger partial charge in [0.05, 0.1) is 0 Å². The molecular weight excluding hydrogens is 343 g/mol. The van der Waals surface area contributed by atoms with E-state index in [0.717, 1.165) is 11.1 Å². The van der Waals surface area contributed by atoms with E-state index < -0.39 is 0 Å². The smallest absolute Gasteiger partial charge is 0.205 e. The number of halogens is 1. The van der Waals surface area contributed by atoms with E-state index in [9.17, 15) is 9.18 Å². The van der Waals surface area contributed by atoms with Gasteiger partial charge in [-0.15, -0.1) is 10.2 Å². The Kier molecular flexibility index (Phi) is 4.53. The molecule has 0 bridgehead atoms. The maximum Gasteiger partial charge on any atom is 0.205 e. The molecular formula is C21H15FN4O. The molecule has 0 atom stereocenters. The molecule has 132 valence electrons. The molecule has 0 aliphatic heterocycles. The van der Waals surface area contributed by atoms with Crippen molar-refractivity contribution in [3.05, 3.63) is 90.2 Å². The van der Waals surface area contributed by atoms with Crippen molar-refractivity contribution in [1.29, 1.82) is 0 Å². The molecule has 0 aliphatic rings. The van der Waals surface area contributed by atoms with Crippen LogP contribution in [0.5, 0.6) is 0 Å². The molecule has 6 heteroatoms. The van der Waals surface area contributed by atoms with Crippen LogP contribution in [-0.4, -0.2) is 26.0 Å². The first-order valence-corrected chi connectivity index (χ1v) is 8.41. The zero-order valence-electron chi connectivity index (χ0n) is 14.3. The minimum Gasteiger partial charge on any atom is -0.292 e. The van der Waals surface area contributed by atoms with Crippen LogP contribution in [0.25, 0.3) is 22.5 Å². The summed E-state index contributed by atoms with van der Waals surface area (Å²) in [7, 11) is 0. The highest BCUT2D eigenvalue weighted by atomic mass is 19.1. The molecule has 0 amide bonds. The number of carbonyl (C=O) groups excluding carboxylic acids is 1. The van der Waals surface area contributed by atoms with Gasteiger partial charge in [0.25, 0.3) is 0 Å². The van der Waals surface area contributed by atoms with Gasteiger partial charge in [0.2, 0.25) is 5.82 Å². The molecule has 0 fully saturated rings. The van der Waals surface area contributed by atoms with Gasteiger partial charge in [-0.3, -0.25) is 4.79 Å². The fourth-order valence-corrected chi connectivity index (χ4v) is 2.75. The number of ketones is 1. The van der Waals surface area contributed by atoms with Crippen molar-refractivity contribution < 1.29 is 9.18 Å². The molecule has 0 spiro atoms. The first-order chi connectivity index (χ1) is 13.2. The van der Waals surface area contributed by atoms with Crippen molar-refractivity contribution in [2.24, 2.45) is 0 Å². The molecule has 4 rings (SSSR count). The molecule has 0 N–H and O–H groups in total. The summed E-state index contributed by atoms with van der Waals surface area (Å²) in [5, 5.41) is 11.9. The standard InChI is InChI=1S/C21H15FN4O/c22-19-8-4-7-18(13-19)21-23-25-26(24-21)14-20(27)17-11-9-16(10-12-17)15-5-2-1-3-6-15/h1-13H,14H2. The zero-order chi connectivity index (χ0) is 18.6. The maximum atomic E-state index is 13.3. The minimum absolute atomic E-state index is 0.0347. The molecule has 0 aliphatic carbocycles. The van der Waals surface area contributed by atoms with Crippen LogP contribution in [0.3, 0.4) is 0 Å². The van der Waals surface area contributed by atoms with Crippen LogP contribution in [0.15, 0.2) is 78.9 Å². The second-order valence-electron chi connectivity index (χ2n) is 6.02. The summed E-state index contributed by atoms with van der Waals surface area (Å²) in [5.41, 5.74) is 3.22. The van der Waals surface area contributed by atoms with Gasteiger partial charge in [0, 0.05) is 11.1 Å². The van der Waals surface area contributed by atoms with E-state index in [4.69, 9.17) is 0 Å². The normalized spacial score (nSPS) is 10.7. The Bertz CT molecular complexity index is 1070. The average Bonchev–Trinajstić information content (AvgIpc) is 3.17. The minimum atomic E-state index is -0.376. The molecule has 0 saturated heterocycles. The number of carbonyl (C=O) groups is 1. The van der Waals surface area contributed by atoms with Crippen molar-refractivity contribution in [3.8, 4) is 22.5 Å². The molecule has 1 heterocycles. The number of nitrogens with zero attached hydrogens (tertiary/aromatic N) is 4. The van der Waals surface area contributed by atoms with Crippen molar-refractivity contribution in [1.82, 2.24) is 20.2 Å². The molecule has 5 nitrogen and oxygen atoms in total. The van der Waals surface area contributed by atoms with E-state index in [1.54, 1.807) is 24.3 Å². The van der Waals surface area contributed by atoms with Crippen LogP contribution in [0, 0.1) is 5.82 Å². The summed E-state index contributed by atoms with van der Waals surface area (Å²) in [5.74, 6) is -0.224. The lowest BCUT2D eigenvalue weighted by Gasteiger charge is -2.04. The first kappa shape index (κ1) is 16.8. The van der Waals surface area contributed by atoms with Gasteiger partial charge in [-0.2, -0.15) is 4.80 Å². The van der Waals surface area contributed by atoms with Gasteiger partial charge in [-0.1, -0.05) is 66.7 Å². The molecule has 1 aromatic heterocycles. The average molecular weight is 358 g/mol. The van der Waals surface area contributed by atoms with E-state index in [1.165, 1.54) is 16.9 Å². The second kappa shape index (κ2) is 7.29. The van der Waals surface area contributed by atoms with Gasteiger partial charge in [-0.05, 0) is 28.5 Å². The van der Waals surface area contributed by atoms with Crippen LogP contribution in [0.4, 0.5) is 4.39 Å². The van der Waals surface area contributed by atoms with Crippen molar-refractivity contribution in [3.63, 3.8) is 0 Å². The third-order valence-corrected chi connectivity index (χ3v) is 4.13. The fourth-order valence-electron chi connectivity index (χ4n) is 2.75. The highest BCUT2D eigenvalue weighted by Gasteiger charge is 2.12. The number of aromatic nitrogens is 4. The largest absolute Gasteiger partial charge is 0.292 e. The summed E-state index contributed by atoms with van der Waals surface area (Å²) in [6, 6.07) is 23.3. The summed E-state index contributed by atoms with van der Waals surface area (Å²) in [6.45, 7) is -0.0347. The Morgan fingerprint density at radius 3 is 2.30 bits per heavy atom. The lowest BCUT2D eigenvalue weighted by molar-refractivity contribution is 0.0961. The number of Topliss-reactive ketones (excluding diaryl/α,β-unsaturated/α-hetero) is 1. The highest BCUT2D eigenvalue weighted by molar-refractivity contribution is 5.96. The Morgan fingerprint density at radius 1 is 0.852 bits per heavy atom. The van der Waals surface area contributed by atoms with Gasteiger partial charge >= 0.3 is 0 Å². The Balaban J connectivity index is 1.48. The second-order valence-corrected chi connectivity index (χ2v) is 6.02. The monoisotopic (exact) mass is 358 g/mol. The fraction of sp³-hybridized carbons (Fsp3) is 0.0476. The SMILES string of the molecule is O=C(Cn1nnc(-c2cccc(F)c2)n1)c1ccc(-c2ccccc2)cc1. The van der Waals surface area contributed by atoms with Crippen molar-refractivity contribution >= 4 is 5.78 Å². The number of hydrogen-bond acceptors (Lipinski definition) is 4. The molecule has 27 heavy (non-hydrogen) atoms. The quantitative estimate of drug-likeness (QED) is 0.506. The number of hydrogen-bond donors (Lipinski definition) is 0. The van der Waals surface area contributed by atoms with Gasteiger partial charge in [0.1, 0.15) is 12.4 Å². The summed E-state index contributed by atoms with van der Waals surface area (Å²) in [6.07, 6.45) is 0. The van der Waals surface area contributed by atoms with E-state index in [0.29, 0.717) is 11.1 Å². The van der Waals surface area contributed by atoms with Crippen molar-refractivity contribution in [2.45, 2.75) is 6.54 Å². The van der Waals surface area contributed by atoms with Gasteiger partial charge in [0.15, 0.2) is 5.78 Å². The lowest BCUT2D eigenvalue weighted by Crippen LogP contribution is -2.13. The molecule has 0 saturated carbocycles. The lowest BCUT2D eigenvalue weighted by atomic mass is 10.0. The first-order valence-electron chi connectivity index (χ1n) is 8.41. The topological polar surface area (TPSA) is 60.7 Å². The van der Waals surface area contributed by atoms with Crippen LogP contribution in [0.1, 0.15) is 10.4 Å². The van der Waals surface area contributed by atoms with E-state index in [2.05, 4.69) is 15.4 Å². The summed E-state index contributed by atoms with van der Waals surface area (Å²) in [4.78, 5) is 13.7. The molecule has 3 aromatic carbocycles. The number of tetrazole rings is 1. The molecule has 0 unspecified atom stereocenters. The van der Waals surface area contributed by atoms with E-state index in [-0.39, 0.29) is 24.0 Å². The van der Waals surface area contributed by atoms with E-state index >= 15 is 0 Å². The van der Waals surface area contributed by atoms with Gasteiger partial charge in [-0.25, -0.2) is 4.39 Å². The van der Waals surface area contributed by atoms with Gasteiger partial charge < -0.3 is 0 Å². The zero-order valence-corrected chi connectivity index (χ0v) is 14.3. The Morgan fingerprint density at radius 2 is 1.56 bits per heavy atom.